The SMILES string of the molecule is C#Cc1cc(C(=O)O)cc(OS(=O)(=O)F)c1C. The second kappa shape index (κ2) is 4.43. The van der Waals surface area contributed by atoms with Crippen LogP contribution in [0.5, 0.6) is 5.75 Å². The van der Waals surface area contributed by atoms with Crippen LogP contribution in [0.3, 0.4) is 0 Å². The van der Waals surface area contributed by atoms with Gasteiger partial charge in [-0.2, -0.15) is 8.42 Å². The molecule has 0 bridgehead atoms. The number of benzene rings is 1. The summed E-state index contributed by atoms with van der Waals surface area (Å²) in [5.41, 5.74) is -0.00975. The first-order valence-electron chi connectivity index (χ1n) is 4.23. The van der Waals surface area contributed by atoms with Crippen LogP contribution in [0.2, 0.25) is 0 Å². The summed E-state index contributed by atoms with van der Waals surface area (Å²) in [4.78, 5) is 10.7. The van der Waals surface area contributed by atoms with E-state index in [1.54, 1.807) is 0 Å². The van der Waals surface area contributed by atoms with Gasteiger partial charge < -0.3 is 9.29 Å². The van der Waals surface area contributed by atoms with Crippen molar-refractivity contribution in [2.24, 2.45) is 0 Å². The Kier molecular flexibility index (Phi) is 3.39. The van der Waals surface area contributed by atoms with Crippen molar-refractivity contribution in [2.75, 3.05) is 0 Å². The predicted molar refractivity (Wildman–Crippen MR) is 56.7 cm³/mol. The van der Waals surface area contributed by atoms with Crippen LogP contribution < -0.4 is 4.18 Å². The molecule has 0 aromatic heterocycles. The van der Waals surface area contributed by atoms with Gasteiger partial charge in [0, 0.05) is 11.1 Å². The molecule has 1 N–H and O–H groups in total. The number of carboxylic acid groups (broad SMARTS) is 1. The lowest BCUT2D eigenvalue weighted by atomic mass is 10.0. The average molecular weight is 258 g/mol. The van der Waals surface area contributed by atoms with Crippen molar-refractivity contribution in [3.8, 4) is 18.1 Å². The lowest BCUT2D eigenvalue weighted by Gasteiger charge is -2.07. The van der Waals surface area contributed by atoms with Crippen molar-refractivity contribution < 1.29 is 26.4 Å². The van der Waals surface area contributed by atoms with Crippen LogP contribution in [0.15, 0.2) is 12.1 Å². The van der Waals surface area contributed by atoms with Gasteiger partial charge in [-0.15, -0.1) is 6.42 Å². The molecule has 1 aromatic carbocycles. The van der Waals surface area contributed by atoms with Gasteiger partial charge in [0.05, 0.1) is 5.56 Å². The van der Waals surface area contributed by atoms with Crippen molar-refractivity contribution in [3.63, 3.8) is 0 Å². The van der Waals surface area contributed by atoms with Crippen molar-refractivity contribution in [3.05, 3.63) is 28.8 Å². The van der Waals surface area contributed by atoms with Gasteiger partial charge in [-0.3, -0.25) is 0 Å². The molecule has 0 aliphatic rings. The van der Waals surface area contributed by atoms with E-state index in [0.29, 0.717) is 0 Å². The van der Waals surface area contributed by atoms with Crippen molar-refractivity contribution in [1.29, 1.82) is 0 Å². The number of aromatic carboxylic acids is 1. The minimum atomic E-state index is -5.23. The van der Waals surface area contributed by atoms with Crippen LogP contribution in [0.1, 0.15) is 21.5 Å². The number of halogens is 1. The molecule has 0 heterocycles. The van der Waals surface area contributed by atoms with Crippen LogP contribution in [-0.2, 0) is 10.5 Å². The summed E-state index contributed by atoms with van der Waals surface area (Å²) in [6.07, 6.45) is 5.11. The summed E-state index contributed by atoms with van der Waals surface area (Å²) in [5, 5.41) is 8.75. The molecule has 0 saturated carbocycles. The van der Waals surface area contributed by atoms with E-state index in [1.807, 2.05) is 0 Å². The Morgan fingerprint density at radius 3 is 2.53 bits per heavy atom. The maximum Gasteiger partial charge on any atom is 0.488 e. The molecule has 0 aliphatic carbocycles. The van der Waals surface area contributed by atoms with Crippen molar-refractivity contribution in [1.82, 2.24) is 0 Å². The zero-order valence-corrected chi connectivity index (χ0v) is 9.41. The van der Waals surface area contributed by atoms with Gasteiger partial charge in [0.15, 0.2) is 0 Å². The molecule has 17 heavy (non-hydrogen) atoms. The van der Waals surface area contributed by atoms with Gasteiger partial charge in [-0.25, -0.2) is 4.79 Å². The lowest BCUT2D eigenvalue weighted by molar-refractivity contribution is 0.0696. The molecule has 1 rings (SSSR count). The van der Waals surface area contributed by atoms with E-state index in [2.05, 4.69) is 10.1 Å². The molecule has 0 atom stereocenters. The molecule has 0 radical (unpaired) electrons. The van der Waals surface area contributed by atoms with E-state index in [1.165, 1.54) is 6.92 Å². The monoisotopic (exact) mass is 258 g/mol. The van der Waals surface area contributed by atoms with Crippen molar-refractivity contribution in [2.45, 2.75) is 6.92 Å². The Bertz CT molecular complexity index is 612. The highest BCUT2D eigenvalue weighted by Gasteiger charge is 2.17. The van der Waals surface area contributed by atoms with E-state index in [-0.39, 0.29) is 16.7 Å². The van der Waals surface area contributed by atoms with Crippen LogP contribution >= 0.6 is 0 Å². The fraction of sp³-hybridized carbons (Fsp3) is 0.100. The number of hydrogen-bond donors (Lipinski definition) is 1. The molecule has 7 heteroatoms. The molecule has 0 aliphatic heterocycles. The molecular weight excluding hydrogens is 251 g/mol. The van der Waals surface area contributed by atoms with Crippen LogP contribution in [0.4, 0.5) is 3.89 Å². The average Bonchev–Trinajstić information content (AvgIpc) is 2.18. The van der Waals surface area contributed by atoms with E-state index in [0.717, 1.165) is 12.1 Å². The summed E-state index contributed by atoms with van der Waals surface area (Å²) >= 11 is 0. The predicted octanol–water partition coefficient (Wildman–Crippen LogP) is 1.27. The first-order valence-corrected chi connectivity index (χ1v) is 5.54. The summed E-state index contributed by atoms with van der Waals surface area (Å²) in [5.74, 6) is 0.381. The summed E-state index contributed by atoms with van der Waals surface area (Å²) < 4.78 is 37.1. The number of carbonyl (C=O) groups is 1. The largest absolute Gasteiger partial charge is 0.488 e. The Labute approximate surface area is 97.3 Å². The Hall–Kier alpha value is -2.07. The van der Waals surface area contributed by atoms with E-state index >= 15 is 0 Å². The van der Waals surface area contributed by atoms with E-state index in [9.17, 15) is 17.1 Å². The molecule has 0 amide bonds. The Balaban J connectivity index is 3.44. The third-order valence-corrected chi connectivity index (χ3v) is 2.33. The number of carboxylic acids is 1. The smallest absolute Gasteiger partial charge is 0.478 e. The summed E-state index contributed by atoms with van der Waals surface area (Å²) in [6, 6.07) is 2.05. The molecule has 0 saturated heterocycles. The highest BCUT2D eigenvalue weighted by Crippen LogP contribution is 2.25. The normalized spacial score (nSPS) is 10.6. The van der Waals surface area contributed by atoms with E-state index in [4.69, 9.17) is 11.5 Å². The molecule has 1 aromatic rings. The first kappa shape index (κ1) is 13.0. The van der Waals surface area contributed by atoms with Gasteiger partial charge in [0.2, 0.25) is 0 Å². The highest BCUT2D eigenvalue weighted by molar-refractivity contribution is 7.81. The van der Waals surface area contributed by atoms with Crippen LogP contribution in [-0.4, -0.2) is 19.5 Å². The van der Waals surface area contributed by atoms with Gasteiger partial charge in [-0.05, 0) is 19.1 Å². The van der Waals surface area contributed by atoms with Gasteiger partial charge in [0.25, 0.3) is 0 Å². The molecule has 0 unspecified atom stereocenters. The first-order chi connectivity index (χ1) is 7.74. The minimum absolute atomic E-state index is 0.114. The Morgan fingerprint density at radius 1 is 1.53 bits per heavy atom. The Morgan fingerprint density at radius 2 is 2.12 bits per heavy atom. The van der Waals surface area contributed by atoms with Crippen LogP contribution in [0, 0.1) is 19.3 Å². The topological polar surface area (TPSA) is 80.7 Å². The zero-order chi connectivity index (χ0) is 13.2. The number of rotatable bonds is 3. The summed E-state index contributed by atoms with van der Waals surface area (Å²) in [7, 11) is -5.23. The molecule has 0 fully saturated rings. The van der Waals surface area contributed by atoms with Gasteiger partial charge in [0.1, 0.15) is 5.75 Å². The fourth-order valence-electron chi connectivity index (χ4n) is 1.15. The number of terminal acetylenes is 1. The zero-order valence-electron chi connectivity index (χ0n) is 8.60. The summed E-state index contributed by atoms with van der Waals surface area (Å²) in [6.45, 7) is 1.39. The highest BCUT2D eigenvalue weighted by atomic mass is 32.3. The molecular formula is C10H7FO5S. The fourth-order valence-corrected chi connectivity index (χ4v) is 1.54. The molecule has 5 nitrogen and oxygen atoms in total. The minimum Gasteiger partial charge on any atom is -0.478 e. The number of hydrogen-bond acceptors (Lipinski definition) is 4. The third-order valence-electron chi connectivity index (χ3n) is 1.95. The second-order valence-electron chi connectivity index (χ2n) is 3.07. The second-order valence-corrected chi connectivity index (χ2v) is 4.03. The third kappa shape index (κ3) is 3.19. The maximum atomic E-state index is 12.4. The molecule has 0 spiro atoms. The van der Waals surface area contributed by atoms with E-state index < -0.39 is 22.2 Å². The van der Waals surface area contributed by atoms with Crippen LogP contribution in [0.25, 0.3) is 0 Å². The standard InChI is InChI=1S/C10H7FO5S/c1-3-7-4-8(10(12)13)5-9(6(7)2)16-17(11,14)15/h1,4-5H,2H3,(H,12,13). The van der Waals surface area contributed by atoms with Gasteiger partial charge in [-0.1, -0.05) is 9.81 Å². The van der Waals surface area contributed by atoms with Crippen molar-refractivity contribution >= 4 is 16.5 Å². The van der Waals surface area contributed by atoms with Gasteiger partial charge >= 0.3 is 16.5 Å². The maximum absolute atomic E-state index is 12.4. The molecule has 90 valence electrons. The lowest BCUT2D eigenvalue weighted by Crippen LogP contribution is -2.06. The quantitative estimate of drug-likeness (QED) is 0.652.